The highest BCUT2D eigenvalue weighted by Gasteiger charge is 2.24. The number of hydrogen-bond acceptors (Lipinski definition) is 5. The number of nitrogens with one attached hydrogen (secondary N) is 1. The predicted octanol–water partition coefficient (Wildman–Crippen LogP) is 2.25. The first kappa shape index (κ1) is 16.1. The number of sulfonamides is 1. The van der Waals surface area contributed by atoms with Crippen LogP contribution in [0.25, 0.3) is 0 Å². The molecule has 0 saturated carbocycles. The fourth-order valence-corrected chi connectivity index (χ4v) is 3.75. The third-order valence-electron chi connectivity index (χ3n) is 2.46. The monoisotopic (exact) mass is 305 g/mol. The molecule has 0 amide bonds. The van der Waals surface area contributed by atoms with Gasteiger partial charge in [-0.25, -0.2) is 17.9 Å². The highest BCUT2D eigenvalue weighted by Crippen LogP contribution is 2.23. The number of hydrogen-bond donors (Lipinski definition) is 1. The highest BCUT2D eigenvalue weighted by molar-refractivity contribution is 7.89. The second-order valence-electron chi connectivity index (χ2n) is 5.31. The van der Waals surface area contributed by atoms with E-state index >= 15 is 0 Å². The van der Waals surface area contributed by atoms with Gasteiger partial charge >= 0.3 is 5.97 Å². The lowest BCUT2D eigenvalue weighted by molar-refractivity contribution is 0.0602. The summed E-state index contributed by atoms with van der Waals surface area (Å²) in [5, 5.41) is 1.56. The topological polar surface area (TPSA) is 72.5 Å². The van der Waals surface area contributed by atoms with E-state index in [9.17, 15) is 13.2 Å². The van der Waals surface area contributed by atoms with E-state index in [1.54, 1.807) is 5.38 Å². The Morgan fingerprint density at radius 3 is 2.58 bits per heavy atom. The Balaban J connectivity index is 2.84. The van der Waals surface area contributed by atoms with Crippen LogP contribution in [0.15, 0.2) is 16.3 Å². The molecule has 108 valence electrons. The molecule has 1 rings (SSSR count). The molecular weight excluding hydrogens is 286 g/mol. The molecule has 0 aliphatic carbocycles. The van der Waals surface area contributed by atoms with Gasteiger partial charge in [0, 0.05) is 6.54 Å². The molecule has 0 aromatic carbocycles. The molecule has 1 aromatic rings. The second-order valence-corrected chi connectivity index (χ2v) is 7.97. The Morgan fingerprint density at radius 2 is 2.05 bits per heavy atom. The van der Waals surface area contributed by atoms with Crippen molar-refractivity contribution >= 4 is 27.3 Å². The maximum atomic E-state index is 12.1. The van der Waals surface area contributed by atoms with Crippen molar-refractivity contribution in [3.63, 3.8) is 0 Å². The molecule has 1 aromatic heterocycles. The summed E-state index contributed by atoms with van der Waals surface area (Å²) in [5.74, 6) is -0.633. The number of carbonyl (C=O) groups is 1. The minimum atomic E-state index is -3.67. The number of carbonyl (C=O) groups excluding carboxylic acids is 1. The van der Waals surface area contributed by atoms with E-state index in [1.807, 2.05) is 20.8 Å². The largest absolute Gasteiger partial charge is 0.465 e. The molecule has 0 bridgehead atoms. The van der Waals surface area contributed by atoms with Crippen molar-refractivity contribution in [3.8, 4) is 0 Å². The van der Waals surface area contributed by atoms with Crippen LogP contribution in [0, 0.1) is 5.41 Å². The van der Waals surface area contributed by atoms with Crippen molar-refractivity contribution in [2.45, 2.75) is 32.1 Å². The van der Waals surface area contributed by atoms with Gasteiger partial charge in [-0.15, -0.1) is 11.3 Å². The van der Waals surface area contributed by atoms with Crippen LogP contribution in [0.3, 0.4) is 0 Å². The summed E-state index contributed by atoms with van der Waals surface area (Å²) >= 11 is 1.05. The fraction of sp³-hybridized carbons (Fsp3) is 0.583. The molecule has 1 N–H and O–H groups in total. The summed E-state index contributed by atoms with van der Waals surface area (Å²) in [6.07, 6.45) is 0.712. The average Bonchev–Trinajstić information content (AvgIpc) is 2.75. The van der Waals surface area contributed by atoms with Crippen LogP contribution in [0.2, 0.25) is 0 Å². The number of rotatable bonds is 5. The summed E-state index contributed by atoms with van der Waals surface area (Å²) in [5.41, 5.74) is 0.0440. The molecule has 1 heterocycles. The summed E-state index contributed by atoms with van der Waals surface area (Å²) in [7, 11) is -2.44. The number of ether oxygens (including phenoxy) is 1. The smallest absolute Gasteiger partial charge is 0.349 e. The van der Waals surface area contributed by atoms with Gasteiger partial charge in [0.05, 0.1) is 7.11 Å². The molecular formula is C12H19NO4S2. The number of methoxy groups -OCH3 is 1. The highest BCUT2D eigenvalue weighted by atomic mass is 32.2. The summed E-state index contributed by atoms with van der Waals surface area (Å²) < 4.78 is 31.3. The predicted molar refractivity (Wildman–Crippen MR) is 74.9 cm³/mol. The first-order valence-electron chi connectivity index (χ1n) is 5.83. The zero-order valence-corrected chi connectivity index (χ0v) is 13.2. The molecule has 0 radical (unpaired) electrons. The second kappa shape index (κ2) is 6.02. The number of thiophene rings is 1. The third kappa shape index (κ3) is 4.59. The summed E-state index contributed by atoms with van der Waals surface area (Å²) in [4.78, 5) is 11.6. The van der Waals surface area contributed by atoms with Gasteiger partial charge in [-0.2, -0.15) is 0 Å². The first-order chi connectivity index (χ1) is 8.67. The summed E-state index contributed by atoms with van der Waals surface area (Å²) in [6, 6.07) is 1.41. The van der Waals surface area contributed by atoms with Crippen LogP contribution < -0.4 is 4.72 Å². The zero-order valence-electron chi connectivity index (χ0n) is 11.5. The normalized spacial score (nSPS) is 12.4. The molecule has 0 fully saturated rings. The van der Waals surface area contributed by atoms with E-state index in [0.717, 1.165) is 11.3 Å². The molecule has 7 heteroatoms. The van der Waals surface area contributed by atoms with Gasteiger partial charge in [0.2, 0.25) is 10.0 Å². The van der Waals surface area contributed by atoms with Gasteiger partial charge in [0.15, 0.2) is 0 Å². The molecule has 19 heavy (non-hydrogen) atoms. The molecule has 0 aliphatic heterocycles. The lowest BCUT2D eigenvalue weighted by atomic mass is 9.93. The van der Waals surface area contributed by atoms with Crippen LogP contribution in [-0.4, -0.2) is 28.0 Å². The van der Waals surface area contributed by atoms with Crippen molar-refractivity contribution in [2.24, 2.45) is 5.41 Å². The van der Waals surface area contributed by atoms with Crippen LogP contribution in [0.5, 0.6) is 0 Å². The van der Waals surface area contributed by atoms with Gasteiger partial charge in [0.1, 0.15) is 9.77 Å². The molecule has 0 atom stereocenters. The van der Waals surface area contributed by atoms with Gasteiger partial charge in [-0.1, -0.05) is 20.8 Å². The Bertz CT molecular complexity index is 540. The third-order valence-corrected chi connectivity index (χ3v) is 4.98. The van der Waals surface area contributed by atoms with Gasteiger partial charge < -0.3 is 4.74 Å². The Labute approximate surface area is 118 Å². The van der Waals surface area contributed by atoms with Crippen molar-refractivity contribution in [3.05, 3.63) is 16.3 Å². The van der Waals surface area contributed by atoms with Gasteiger partial charge in [0.25, 0.3) is 0 Å². The lowest BCUT2D eigenvalue weighted by Gasteiger charge is -2.18. The Kier molecular flexibility index (Phi) is 5.11. The van der Waals surface area contributed by atoms with E-state index in [1.165, 1.54) is 13.2 Å². The quantitative estimate of drug-likeness (QED) is 0.847. The van der Waals surface area contributed by atoms with Crippen LogP contribution in [-0.2, 0) is 14.8 Å². The molecule has 0 unspecified atom stereocenters. The Hall–Kier alpha value is -0.920. The molecule has 0 saturated heterocycles. The molecule has 0 spiro atoms. The zero-order chi connectivity index (χ0) is 14.7. The van der Waals surface area contributed by atoms with E-state index in [-0.39, 0.29) is 15.2 Å². The van der Waals surface area contributed by atoms with E-state index in [4.69, 9.17) is 0 Å². The van der Waals surface area contributed by atoms with Crippen molar-refractivity contribution in [2.75, 3.05) is 13.7 Å². The molecule has 5 nitrogen and oxygen atoms in total. The maximum Gasteiger partial charge on any atom is 0.349 e. The van der Waals surface area contributed by atoms with E-state index < -0.39 is 16.0 Å². The van der Waals surface area contributed by atoms with E-state index in [2.05, 4.69) is 9.46 Å². The average molecular weight is 305 g/mol. The fourth-order valence-electron chi connectivity index (χ4n) is 1.39. The summed E-state index contributed by atoms with van der Waals surface area (Å²) in [6.45, 7) is 6.44. The van der Waals surface area contributed by atoms with E-state index in [0.29, 0.717) is 13.0 Å². The van der Waals surface area contributed by atoms with Gasteiger partial charge in [-0.05, 0) is 23.3 Å². The van der Waals surface area contributed by atoms with Crippen molar-refractivity contribution in [1.29, 1.82) is 0 Å². The molecule has 0 aliphatic rings. The minimum Gasteiger partial charge on any atom is -0.465 e. The van der Waals surface area contributed by atoms with Crippen LogP contribution in [0.1, 0.15) is 36.9 Å². The maximum absolute atomic E-state index is 12.1. The first-order valence-corrected chi connectivity index (χ1v) is 8.19. The Morgan fingerprint density at radius 1 is 1.42 bits per heavy atom. The minimum absolute atomic E-state index is 0.0155. The standard InChI is InChI=1S/C12H19NO4S2/c1-12(2,3)6-7-13-19(15,16)9-5-8-18-10(9)11(14)17-4/h5,8,13H,6-7H2,1-4H3. The van der Waals surface area contributed by atoms with Crippen LogP contribution in [0.4, 0.5) is 0 Å². The van der Waals surface area contributed by atoms with Crippen molar-refractivity contribution < 1.29 is 17.9 Å². The SMILES string of the molecule is COC(=O)c1sccc1S(=O)(=O)NCCC(C)(C)C. The van der Waals surface area contributed by atoms with Gasteiger partial charge in [-0.3, -0.25) is 0 Å². The van der Waals surface area contributed by atoms with Crippen molar-refractivity contribution in [1.82, 2.24) is 4.72 Å². The lowest BCUT2D eigenvalue weighted by Crippen LogP contribution is -2.28. The van der Waals surface area contributed by atoms with Crippen LogP contribution >= 0.6 is 11.3 Å². The number of esters is 1.